The number of hydrogen-bond donors (Lipinski definition) is 2. The maximum absolute atomic E-state index is 11.8. The first-order valence-electron chi connectivity index (χ1n) is 4.98. The van der Waals surface area contributed by atoms with Crippen LogP contribution in [0.3, 0.4) is 0 Å². The summed E-state index contributed by atoms with van der Waals surface area (Å²) in [6, 6.07) is 5.99. The molecule has 0 radical (unpaired) electrons. The van der Waals surface area contributed by atoms with Crippen LogP contribution in [0.15, 0.2) is 24.3 Å². The molecule has 0 aliphatic rings. The second-order valence-electron chi connectivity index (χ2n) is 3.54. The zero-order chi connectivity index (χ0) is 12.9. The smallest absolute Gasteiger partial charge is 0.390 e. The number of alkyl halides is 3. The Hall–Kier alpha value is -1.56. The normalized spacial score (nSPS) is 11.5. The molecular weight excluding hydrogens is 235 g/mol. The van der Waals surface area contributed by atoms with E-state index in [-0.39, 0.29) is 18.7 Å². The van der Waals surface area contributed by atoms with Crippen molar-refractivity contribution < 1.29 is 23.1 Å². The monoisotopic (exact) mass is 247 g/mol. The number of aromatic carboxylic acids is 1. The summed E-state index contributed by atoms with van der Waals surface area (Å²) in [5.41, 5.74) is 0.904. The predicted octanol–water partition coefficient (Wildman–Crippen LogP) is 2.43. The molecule has 0 fully saturated rings. The van der Waals surface area contributed by atoms with Crippen molar-refractivity contribution in [2.45, 2.75) is 19.1 Å². The van der Waals surface area contributed by atoms with Crippen molar-refractivity contribution in [2.75, 3.05) is 6.54 Å². The van der Waals surface area contributed by atoms with Gasteiger partial charge in [0.25, 0.3) is 0 Å². The molecule has 0 aliphatic carbocycles. The minimum Gasteiger partial charge on any atom is -0.478 e. The Morgan fingerprint density at radius 2 is 1.82 bits per heavy atom. The fourth-order valence-electron chi connectivity index (χ4n) is 1.23. The molecule has 0 bridgehead atoms. The predicted molar refractivity (Wildman–Crippen MR) is 55.8 cm³/mol. The van der Waals surface area contributed by atoms with Gasteiger partial charge < -0.3 is 10.4 Å². The van der Waals surface area contributed by atoms with Gasteiger partial charge in [0.1, 0.15) is 0 Å². The summed E-state index contributed by atoms with van der Waals surface area (Å²) < 4.78 is 35.5. The standard InChI is InChI=1S/C11H12F3NO2/c12-11(13,14)5-6-15-7-8-1-3-9(4-2-8)10(16)17/h1-4,15H,5-7H2,(H,16,17). The quantitative estimate of drug-likeness (QED) is 0.785. The fraction of sp³-hybridized carbons (Fsp3) is 0.364. The van der Waals surface area contributed by atoms with Crippen molar-refractivity contribution in [3.8, 4) is 0 Å². The van der Waals surface area contributed by atoms with E-state index < -0.39 is 18.6 Å². The molecule has 0 spiro atoms. The molecule has 2 N–H and O–H groups in total. The lowest BCUT2D eigenvalue weighted by atomic mass is 10.1. The van der Waals surface area contributed by atoms with Gasteiger partial charge in [-0.15, -0.1) is 0 Å². The van der Waals surface area contributed by atoms with Crippen molar-refractivity contribution in [3.05, 3.63) is 35.4 Å². The summed E-state index contributed by atoms with van der Waals surface area (Å²) in [7, 11) is 0. The molecule has 94 valence electrons. The molecule has 0 aliphatic heterocycles. The van der Waals surface area contributed by atoms with E-state index in [2.05, 4.69) is 5.32 Å². The van der Waals surface area contributed by atoms with Gasteiger partial charge in [0, 0.05) is 13.1 Å². The molecule has 1 rings (SSSR count). The van der Waals surface area contributed by atoms with Crippen LogP contribution in [0.1, 0.15) is 22.3 Å². The summed E-state index contributed by atoms with van der Waals surface area (Å²) in [6.45, 7) is 0.139. The molecule has 6 heteroatoms. The molecule has 1 aromatic carbocycles. The SMILES string of the molecule is O=C(O)c1ccc(CNCCC(F)(F)F)cc1. The average molecular weight is 247 g/mol. The summed E-state index contributed by atoms with van der Waals surface area (Å²) in [4.78, 5) is 10.5. The first-order chi connectivity index (χ1) is 7.88. The minimum absolute atomic E-state index is 0.149. The number of carboxylic acids is 1. The van der Waals surface area contributed by atoms with Gasteiger partial charge in [-0.05, 0) is 17.7 Å². The lowest BCUT2D eigenvalue weighted by Crippen LogP contribution is -2.21. The number of rotatable bonds is 5. The van der Waals surface area contributed by atoms with E-state index in [0.29, 0.717) is 0 Å². The molecule has 1 aromatic rings. The van der Waals surface area contributed by atoms with Gasteiger partial charge in [0.2, 0.25) is 0 Å². The Balaban J connectivity index is 2.35. The van der Waals surface area contributed by atoms with Gasteiger partial charge in [-0.3, -0.25) is 0 Å². The zero-order valence-corrected chi connectivity index (χ0v) is 8.92. The van der Waals surface area contributed by atoms with Crippen LogP contribution in [0.5, 0.6) is 0 Å². The Kier molecular flexibility index (Phi) is 4.51. The Bertz CT molecular complexity index is 373. The van der Waals surface area contributed by atoms with E-state index in [1.54, 1.807) is 12.1 Å². The Morgan fingerprint density at radius 3 is 2.29 bits per heavy atom. The number of carboxylic acid groups (broad SMARTS) is 1. The van der Waals surface area contributed by atoms with E-state index in [9.17, 15) is 18.0 Å². The van der Waals surface area contributed by atoms with Gasteiger partial charge in [-0.25, -0.2) is 4.79 Å². The number of nitrogens with one attached hydrogen (secondary N) is 1. The third-order valence-corrected chi connectivity index (χ3v) is 2.12. The second kappa shape index (κ2) is 5.67. The van der Waals surface area contributed by atoms with Crippen molar-refractivity contribution in [1.29, 1.82) is 0 Å². The molecule has 0 unspecified atom stereocenters. The first kappa shape index (κ1) is 13.5. The molecule has 3 nitrogen and oxygen atoms in total. The highest BCUT2D eigenvalue weighted by Gasteiger charge is 2.25. The van der Waals surface area contributed by atoms with Gasteiger partial charge in [-0.2, -0.15) is 13.2 Å². The summed E-state index contributed by atoms with van der Waals surface area (Å²) >= 11 is 0. The van der Waals surface area contributed by atoms with Crippen molar-refractivity contribution >= 4 is 5.97 Å². The van der Waals surface area contributed by atoms with E-state index in [4.69, 9.17) is 5.11 Å². The summed E-state index contributed by atoms with van der Waals surface area (Å²) in [5.74, 6) is -1.03. The average Bonchev–Trinajstić information content (AvgIpc) is 2.24. The molecular formula is C11H12F3NO2. The summed E-state index contributed by atoms with van der Waals surface area (Å²) in [5, 5.41) is 11.3. The maximum atomic E-state index is 11.8. The van der Waals surface area contributed by atoms with E-state index in [1.165, 1.54) is 12.1 Å². The number of carbonyl (C=O) groups is 1. The number of hydrogen-bond acceptors (Lipinski definition) is 2. The molecule has 0 saturated heterocycles. The zero-order valence-electron chi connectivity index (χ0n) is 8.92. The van der Waals surface area contributed by atoms with Gasteiger partial charge in [0.15, 0.2) is 0 Å². The highest BCUT2D eigenvalue weighted by Crippen LogP contribution is 2.18. The molecule has 17 heavy (non-hydrogen) atoms. The molecule has 0 aromatic heterocycles. The van der Waals surface area contributed by atoms with Crippen LogP contribution in [-0.2, 0) is 6.54 Å². The van der Waals surface area contributed by atoms with E-state index in [0.717, 1.165) is 5.56 Å². The van der Waals surface area contributed by atoms with E-state index >= 15 is 0 Å². The Morgan fingerprint density at radius 1 is 1.24 bits per heavy atom. The molecule has 0 atom stereocenters. The minimum atomic E-state index is -4.15. The third-order valence-electron chi connectivity index (χ3n) is 2.12. The maximum Gasteiger partial charge on any atom is 0.390 e. The largest absolute Gasteiger partial charge is 0.478 e. The molecule has 0 amide bonds. The lowest BCUT2D eigenvalue weighted by Gasteiger charge is -2.07. The molecule has 0 heterocycles. The number of halogens is 3. The van der Waals surface area contributed by atoms with Crippen molar-refractivity contribution in [3.63, 3.8) is 0 Å². The van der Waals surface area contributed by atoms with Crippen LogP contribution in [0.4, 0.5) is 13.2 Å². The van der Waals surface area contributed by atoms with Gasteiger partial charge in [0.05, 0.1) is 12.0 Å². The highest BCUT2D eigenvalue weighted by molar-refractivity contribution is 5.87. The fourth-order valence-corrected chi connectivity index (χ4v) is 1.23. The second-order valence-corrected chi connectivity index (χ2v) is 3.54. The van der Waals surface area contributed by atoms with E-state index in [1.807, 2.05) is 0 Å². The Labute approximate surface area is 96.3 Å². The molecule has 0 saturated carbocycles. The van der Waals surface area contributed by atoms with Gasteiger partial charge >= 0.3 is 12.1 Å². The third kappa shape index (κ3) is 5.35. The van der Waals surface area contributed by atoms with Gasteiger partial charge in [-0.1, -0.05) is 12.1 Å². The van der Waals surface area contributed by atoms with Crippen LogP contribution >= 0.6 is 0 Å². The van der Waals surface area contributed by atoms with Crippen molar-refractivity contribution in [1.82, 2.24) is 5.32 Å². The topological polar surface area (TPSA) is 49.3 Å². The van der Waals surface area contributed by atoms with Crippen LogP contribution in [0.2, 0.25) is 0 Å². The highest BCUT2D eigenvalue weighted by atomic mass is 19.4. The van der Waals surface area contributed by atoms with Crippen LogP contribution in [0.25, 0.3) is 0 Å². The number of benzene rings is 1. The summed E-state index contributed by atoms with van der Waals surface area (Å²) in [6.07, 6.45) is -5.03. The van der Waals surface area contributed by atoms with Crippen LogP contribution < -0.4 is 5.32 Å². The lowest BCUT2D eigenvalue weighted by molar-refractivity contribution is -0.133. The first-order valence-corrected chi connectivity index (χ1v) is 4.98. The van der Waals surface area contributed by atoms with Crippen LogP contribution in [-0.4, -0.2) is 23.8 Å². The van der Waals surface area contributed by atoms with Crippen molar-refractivity contribution in [2.24, 2.45) is 0 Å². The van der Waals surface area contributed by atoms with Crippen LogP contribution in [0, 0.1) is 0 Å².